The van der Waals surface area contributed by atoms with Gasteiger partial charge in [0.15, 0.2) is 0 Å². The van der Waals surface area contributed by atoms with Gasteiger partial charge in [-0.3, -0.25) is 24.2 Å². The maximum Gasteiger partial charge on any atom is 0.405 e. The predicted octanol–water partition coefficient (Wildman–Crippen LogP) is -0.0214. The molecule has 2 unspecified atom stereocenters. The van der Waals surface area contributed by atoms with Crippen LogP contribution in [0.5, 0.6) is 5.75 Å². The minimum absolute atomic E-state index is 0.131. The third-order valence-corrected chi connectivity index (χ3v) is 8.14. The van der Waals surface area contributed by atoms with Crippen LogP contribution in [-0.2, 0) is 25.7 Å². The average Bonchev–Trinajstić information content (AvgIpc) is 3.83. The van der Waals surface area contributed by atoms with E-state index in [0.717, 1.165) is 25.7 Å². The molecule has 1 saturated heterocycles. The number of fused-ring (bicyclic) bond motifs is 1. The van der Waals surface area contributed by atoms with Crippen LogP contribution in [0.1, 0.15) is 50.6 Å². The van der Waals surface area contributed by atoms with Crippen LogP contribution in [0.3, 0.4) is 0 Å². The Kier molecular flexibility index (Phi) is 7.08. The lowest BCUT2D eigenvalue weighted by Gasteiger charge is -2.35. The Morgan fingerprint density at radius 2 is 1.95 bits per heavy atom. The third-order valence-electron chi connectivity index (χ3n) is 8.14. The summed E-state index contributed by atoms with van der Waals surface area (Å²) in [4.78, 5) is 71.6. The first kappa shape index (κ1) is 26.7. The molecule has 2 aliphatic heterocycles. The quantitative estimate of drug-likeness (QED) is 0.335. The zero-order chi connectivity index (χ0) is 27.9. The van der Waals surface area contributed by atoms with Gasteiger partial charge in [0.2, 0.25) is 23.3 Å². The highest BCUT2D eigenvalue weighted by atomic mass is 16.5. The van der Waals surface area contributed by atoms with E-state index in [4.69, 9.17) is 10.5 Å². The number of hydrogen-bond acceptors (Lipinski definition) is 7. The molecule has 0 radical (unpaired) electrons. The van der Waals surface area contributed by atoms with Gasteiger partial charge in [-0.2, -0.15) is 0 Å². The number of carbonyl (C=O) groups excluding carboxylic acids is 4. The molecule has 4 atom stereocenters. The first-order chi connectivity index (χ1) is 18.6. The number of likely N-dealkylation sites (N-methyl/N-ethyl adjacent to an activating group) is 1. The number of amides is 5. The number of pyridine rings is 1. The Labute approximate surface area is 225 Å². The number of nitrogens with one attached hydrogen (secondary N) is 2. The van der Waals surface area contributed by atoms with Gasteiger partial charge in [-0.25, -0.2) is 4.79 Å². The maximum absolute atomic E-state index is 14.1. The molecule has 1 spiro atoms. The van der Waals surface area contributed by atoms with Gasteiger partial charge in [-0.1, -0.05) is 25.7 Å². The smallest absolute Gasteiger partial charge is 0.405 e. The van der Waals surface area contributed by atoms with Gasteiger partial charge in [-0.15, -0.1) is 0 Å². The van der Waals surface area contributed by atoms with E-state index in [1.807, 2.05) is 0 Å². The molecular weight excluding hydrogens is 508 g/mol. The number of hydrogen-bond donors (Lipinski definition) is 4. The summed E-state index contributed by atoms with van der Waals surface area (Å²) in [6.45, 7) is -0.103. The van der Waals surface area contributed by atoms with Gasteiger partial charge in [0, 0.05) is 19.7 Å². The van der Waals surface area contributed by atoms with Crippen molar-refractivity contribution in [2.24, 2.45) is 17.6 Å². The number of ether oxygens (including phenoxy) is 1. The van der Waals surface area contributed by atoms with Crippen molar-refractivity contribution in [2.75, 3.05) is 13.6 Å². The van der Waals surface area contributed by atoms with Gasteiger partial charge < -0.3 is 36.0 Å². The van der Waals surface area contributed by atoms with Gasteiger partial charge in [-0.05, 0) is 36.8 Å². The van der Waals surface area contributed by atoms with Crippen molar-refractivity contribution in [3.63, 3.8) is 0 Å². The van der Waals surface area contributed by atoms with Gasteiger partial charge in [0.25, 0.3) is 5.91 Å². The molecule has 39 heavy (non-hydrogen) atoms. The van der Waals surface area contributed by atoms with Gasteiger partial charge in [0.1, 0.15) is 29.6 Å². The van der Waals surface area contributed by atoms with Crippen molar-refractivity contribution in [2.45, 2.75) is 75.2 Å². The lowest BCUT2D eigenvalue weighted by atomic mass is 9.98. The summed E-state index contributed by atoms with van der Waals surface area (Å²) in [5, 5.41) is 14.4. The molecule has 5 rings (SSSR count). The molecule has 2 saturated carbocycles. The molecule has 0 bridgehead atoms. The van der Waals surface area contributed by atoms with Gasteiger partial charge >= 0.3 is 6.09 Å². The Morgan fingerprint density at radius 1 is 1.26 bits per heavy atom. The summed E-state index contributed by atoms with van der Waals surface area (Å²) in [5.74, 6) is -1.44. The number of carboxylic acid groups (broad SMARTS) is 1. The normalized spacial score (nSPS) is 25.5. The summed E-state index contributed by atoms with van der Waals surface area (Å²) in [6, 6.07) is 0.271. The molecule has 3 fully saturated rings. The molecule has 13 nitrogen and oxygen atoms in total. The average molecular weight is 543 g/mol. The minimum atomic E-state index is -1.56. The van der Waals surface area contributed by atoms with E-state index in [1.165, 1.54) is 16.8 Å². The molecule has 1 aromatic heterocycles. The fourth-order valence-corrected chi connectivity index (χ4v) is 5.57. The lowest BCUT2D eigenvalue weighted by molar-refractivity contribution is -0.149. The Bertz CT molecular complexity index is 1190. The number of carbonyl (C=O) groups is 5. The van der Waals surface area contributed by atoms with E-state index in [-0.39, 0.29) is 31.3 Å². The number of nitrogens with zero attached hydrogens (tertiary/aromatic N) is 3. The molecular formula is C26H34N6O7. The number of nitrogens with two attached hydrogens (primary N) is 1. The number of primary amides is 1. The van der Waals surface area contributed by atoms with Crippen LogP contribution in [0.4, 0.5) is 4.79 Å². The number of rotatable bonds is 9. The summed E-state index contributed by atoms with van der Waals surface area (Å²) in [7, 11) is 1.48. The standard InChI is InChI=1S/C26H34N6O7/c1-31(22(34)16(30-25(37)38)9-14-4-5-14)18(10-15-6-7-15)23(35)32-13-26(11-19(32)21(27)33)24(36)29-12-17-20(39-26)3-2-8-28-17/h2-3,8,14-16,18-19,30H,4-7,9-13H2,1H3,(H2,27,33)(H,29,36)(H,37,38)/t16?,18?,19-,26+/m0/s1. The number of likely N-dealkylation sites (tertiary alicyclic amines) is 1. The monoisotopic (exact) mass is 542 g/mol. The first-order valence-electron chi connectivity index (χ1n) is 13.3. The maximum atomic E-state index is 14.1. The molecule has 210 valence electrons. The highest BCUT2D eigenvalue weighted by Crippen LogP contribution is 2.39. The highest BCUT2D eigenvalue weighted by molar-refractivity contribution is 5.96. The predicted molar refractivity (Wildman–Crippen MR) is 135 cm³/mol. The molecule has 5 amide bonds. The van der Waals surface area contributed by atoms with E-state index in [2.05, 4.69) is 15.6 Å². The second-order valence-corrected chi connectivity index (χ2v) is 11.1. The van der Waals surface area contributed by atoms with Crippen LogP contribution in [0.15, 0.2) is 18.3 Å². The van der Waals surface area contributed by atoms with Crippen molar-refractivity contribution in [1.29, 1.82) is 0 Å². The van der Waals surface area contributed by atoms with Crippen LogP contribution in [-0.4, -0.2) is 86.9 Å². The van der Waals surface area contributed by atoms with Crippen LogP contribution >= 0.6 is 0 Å². The van der Waals surface area contributed by atoms with E-state index >= 15 is 0 Å². The van der Waals surface area contributed by atoms with E-state index in [9.17, 15) is 29.1 Å². The SMILES string of the molecule is CN(C(=O)C(CC1CC1)NC(=O)O)C(CC1CC1)C(=O)N1C[C@@]2(C[C@H]1C(N)=O)Oc1cccnc1CNC2=O. The third kappa shape index (κ3) is 5.62. The topological polar surface area (TPSA) is 184 Å². The van der Waals surface area contributed by atoms with Crippen molar-refractivity contribution >= 4 is 29.7 Å². The largest absolute Gasteiger partial charge is 0.473 e. The minimum Gasteiger partial charge on any atom is -0.473 e. The van der Waals surface area contributed by atoms with Crippen LogP contribution < -0.4 is 21.1 Å². The van der Waals surface area contributed by atoms with E-state index in [1.54, 1.807) is 18.3 Å². The molecule has 13 heteroatoms. The second-order valence-electron chi connectivity index (χ2n) is 11.1. The highest BCUT2D eigenvalue weighted by Gasteiger charge is 2.57. The number of aromatic nitrogens is 1. The zero-order valence-electron chi connectivity index (χ0n) is 21.8. The Morgan fingerprint density at radius 3 is 2.59 bits per heavy atom. The summed E-state index contributed by atoms with van der Waals surface area (Å²) < 4.78 is 6.16. The van der Waals surface area contributed by atoms with Crippen molar-refractivity contribution in [3.8, 4) is 5.75 Å². The van der Waals surface area contributed by atoms with Crippen molar-refractivity contribution < 1.29 is 33.8 Å². The summed E-state index contributed by atoms with van der Waals surface area (Å²) in [5.41, 5.74) is 4.68. The van der Waals surface area contributed by atoms with Crippen molar-refractivity contribution in [1.82, 2.24) is 25.4 Å². The van der Waals surface area contributed by atoms with E-state index < -0.39 is 53.4 Å². The van der Waals surface area contributed by atoms with Crippen molar-refractivity contribution in [3.05, 3.63) is 24.0 Å². The van der Waals surface area contributed by atoms with E-state index in [0.29, 0.717) is 24.3 Å². The van der Waals surface area contributed by atoms with Crippen LogP contribution in [0, 0.1) is 11.8 Å². The van der Waals surface area contributed by atoms with Crippen LogP contribution in [0.2, 0.25) is 0 Å². The second kappa shape index (κ2) is 10.3. The lowest BCUT2D eigenvalue weighted by Crippen LogP contribution is -2.57. The first-order valence-corrected chi connectivity index (χ1v) is 13.3. The summed E-state index contributed by atoms with van der Waals surface area (Å²) in [6.07, 6.45) is 4.51. The Balaban J connectivity index is 1.41. The summed E-state index contributed by atoms with van der Waals surface area (Å²) >= 11 is 0. The molecule has 4 aliphatic rings. The zero-order valence-corrected chi connectivity index (χ0v) is 21.8. The fourth-order valence-electron chi connectivity index (χ4n) is 5.57. The molecule has 3 heterocycles. The molecule has 1 aromatic rings. The fraction of sp³-hybridized carbons (Fsp3) is 0.615. The molecule has 0 aromatic carbocycles. The van der Waals surface area contributed by atoms with Gasteiger partial charge in [0.05, 0.1) is 13.1 Å². The molecule has 2 aliphatic carbocycles. The van der Waals surface area contributed by atoms with Crippen LogP contribution in [0.25, 0.3) is 0 Å². The Hall–Kier alpha value is -3.90. The molecule has 5 N–H and O–H groups in total.